The minimum atomic E-state index is 0.326. The average molecular weight is 221 g/mol. The Labute approximate surface area is 96.1 Å². The number of nitrogens with zero attached hydrogens (tertiary/aromatic N) is 3. The minimum absolute atomic E-state index is 0.326. The number of nitrogen functional groups attached to an aromatic ring is 1. The molecule has 0 spiro atoms. The SMILES string of the molecule is CNc1cc(N2CCC(C)(C)C2)nc(N)n1. The van der Waals surface area contributed by atoms with Gasteiger partial charge in [0.05, 0.1) is 0 Å². The number of anilines is 3. The number of aromatic nitrogens is 2. The molecule has 0 saturated carbocycles. The molecule has 1 aliphatic heterocycles. The van der Waals surface area contributed by atoms with Crippen molar-refractivity contribution in [3.05, 3.63) is 6.07 Å². The van der Waals surface area contributed by atoms with Crippen LogP contribution in [0.3, 0.4) is 0 Å². The van der Waals surface area contributed by atoms with Gasteiger partial charge in [0.25, 0.3) is 0 Å². The highest BCUT2D eigenvalue weighted by Gasteiger charge is 2.30. The van der Waals surface area contributed by atoms with Crippen LogP contribution in [0, 0.1) is 5.41 Å². The van der Waals surface area contributed by atoms with Crippen molar-refractivity contribution in [2.75, 3.05) is 36.1 Å². The van der Waals surface area contributed by atoms with E-state index < -0.39 is 0 Å². The van der Waals surface area contributed by atoms with E-state index in [-0.39, 0.29) is 0 Å². The Morgan fingerprint density at radius 3 is 2.75 bits per heavy atom. The standard InChI is InChI=1S/C11H19N5/c1-11(2)4-5-16(7-11)9-6-8(13-3)14-10(12)15-9/h6H,4-5,7H2,1-3H3,(H3,12,13,14,15). The van der Waals surface area contributed by atoms with Crippen molar-refractivity contribution in [3.8, 4) is 0 Å². The van der Waals surface area contributed by atoms with Gasteiger partial charge in [-0.1, -0.05) is 13.8 Å². The van der Waals surface area contributed by atoms with Crippen LogP contribution in [0.2, 0.25) is 0 Å². The van der Waals surface area contributed by atoms with Crippen LogP contribution in [0.15, 0.2) is 6.07 Å². The summed E-state index contributed by atoms with van der Waals surface area (Å²) >= 11 is 0. The van der Waals surface area contributed by atoms with E-state index in [9.17, 15) is 0 Å². The second-order valence-corrected chi connectivity index (χ2v) is 5.06. The first-order valence-corrected chi connectivity index (χ1v) is 5.57. The quantitative estimate of drug-likeness (QED) is 0.788. The van der Waals surface area contributed by atoms with Gasteiger partial charge in [0.15, 0.2) is 0 Å². The van der Waals surface area contributed by atoms with Crippen LogP contribution in [-0.4, -0.2) is 30.1 Å². The minimum Gasteiger partial charge on any atom is -0.373 e. The lowest BCUT2D eigenvalue weighted by molar-refractivity contribution is 0.418. The highest BCUT2D eigenvalue weighted by Crippen LogP contribution is 2.32. The Morgan fingerprint density at radius 2 is 2.19 bits per heavy atom. The van der Waals surface area contributed by atoms with Crippen LogP contribution in [0.5, 0.6) is 0 Å². The van der Waals surface area contributed by atoms with Crippen molar-refractivity contribution < 1.29 is 0 Å². The van der Waals surface area contributed by atoms with Gasteiger partial charge in [-0.3, -0.25) is 0 Å². The molecule has 0 bridgehead atoms. The predicted molar refractivity (Wildman–Crippen MR) is 66.6 cm³/mol. The molecule has 0 aromatic carbocycles. The molecule has 16 heavy (non-hydrogen) atoms. The third-order valence-electron chi connectivity index (χ3n) is 2.99. The molecule has 0 radical (unpaired) electrons. The first kappa shape index (κ1) is 11.0. The molecule has 88 valence electrons. The highest BCUT2D eigenvalue weighted by molar-refractivity contribution is 5.53. The monoisotopic (exact) mass is 221 g/mol. The summed E-state index contributed by atoms with van der Waals surface area (Å²) in [6, 6.07) is 1.94. The van der Waals surface area contributed by atoms with E-state index in [1.807, 2.05) is 13.1 Å². The van der Waals surface area contributed by atoms with Crippen LogP contribution < -0.4 is 16.0 Å². The van der Waals surface area contributed by atoms with Crippen LogP contribution in [0.4, 0.5) is 17.6 Å². The molecular formula is C11H19N5. The second kappa shape index (κ2) is 3.81. The van der Waals surface area contributed by atoms with Crippen molar-refractivity contribution in [3.63, 3.8) is 0 Å². The second-order valence-electron chi connectivity index (χ2n) is 5.06. The topological polar surface area (TPSA) is 67.1 Å². The number of rotatable bonds is 2. The lowest BCUT2D eigenvalue weighted by Gasteiger charge is -2.21. The van der Waals surface area contributed by atoms with E-state index >= 15 is 0 Å². The molecule has 1 fully saturated rings. The Morgan fingerprint density at radius 1 is 1.44 bits per heavy atom. The highest BCUT2D eigenvalue weighted by atomic mass is 15.2. The molecule has 0 unspecified atom stereocenters. The maximum atomic E-state index is 5.68. The van der Waals surface area contributed by atoms with Crippen molar-refractivity contribution in [2.24, 2.45) is 5.41 Å². The zero-order chi connectivity index (χ0) is 11.8. The first-order chi connectivity index (χ1) is 7.50. The third-order valence-corrected chi connectivity index (χ3v) is 2.99. The fourth-order valence-electron chi connectivity index (χ4n) is 2.05. The average Bonchev–Trinajstić information content (AvgIpc) is 2.58. The Hall–Kier alpha value is -1.52. The van der Waals surface area contributed by atoms with Gasteiger partial charge in [-0.25, -0.2) is 0 Å². The largest absolute Gasteiger partial charge is 0.373 e. The van der Waals surface area contributed by atoms with Crippen LogP contribution in [0.25, 0.3) is 0 Å². The van der Waals surface area contributed by atoms with E-state index in [4.69, 9.17) is 5.73 Å². The molecule has 0 atom stereocenters. The lowest BCUT2D eigenvalue weighted by Crippen LogP contribution is -2.24. The molecule has 1 aliphatic rings. The molecule has 1 aromatic rings. The number of nitrogens with one attached hydrogen (secondary N) is 1. The van der Waals surface area contributed by atoms with Gasteiger partial charge in [-0.15, -0.1) is 0 Å². The summed E-state index contributed by atoms with van der Waals surface area (Å²) in [4.78, 5) is 10.6. The summed E-state index contributed by atoms with van der Waals surface area (Å²) in [5, 5.41) is 2.99. The smallest absolute Gasteiger partial charge is 0.223 e. The van der Waals surface area contributed by atoms with Gasteiger partial charge < -0.3 is 16.0 Å². The molecule has 2 heterocycles. The maximum Gasteiger partial charge on any atom is 0.223 e. The molecule has 1 aromatic heterocycles. The van der Waals surface area contributed by atoms with E-state index in [2.05, 4.69) is 34.0 Å². The van der Waals surface area contributed by atoms with Gasteiger partial charge in [0.1, 0.15) is 11.6 Å². The Kier molecular flexibility index (Phi) is 2.61. The first-order valence-electron chi connectivity index (χ1n) is 5.57. The summed E-state index contributed by atoms with van der Waals surface area (Å²) < 4.78 is 0. The summed E-state index contributed by atoms with van der Waals surface area (Å²) in [5.41, 5.74) is 6.04. The third kappa shape index (κ3) is 2.18. The van der Waals surface area contributed by atoms with Crippen molar-refractivity contribution in [1.29, 1.82) is 0 Å². The van der Waals surface area contributed by atoms with Crippen LogP contribution in [0.1, 0.15) is 20.3 Å². The molecule has 5 heteroatoms. The summed E-state index contributed by atoms with van der Waals surface area (Å²) in [5.74, 6) is 2.01. The maximum absolute atomic E-state index is 5.68. The predicted octanol–water partition coefficient (Wildman–Crippen LogP) is 1.34. The Bertz CT molecular complexity index is 388. The number of hydrogen-bond donors (Lipinski definition) is 2. The molecular weight excluding hydrogens is 202 g/mol. The fraction of sp³-hybridized carbons (Fsp3) is 0.636. The van der Waals surface area contributed by atoms with Gasteiger partial charge in [-0.05, 0) is 11.8 Å². The molecule has 1 saturated heterocycles. The van der Waals surface area contributed by atoms with Crippen molar-refractivity contribution in [1.82, 2.24) is 9.97 Å². The summed E-state index contributed by atoms with van der Waals surface area (Å²) in [7, 11) is 1.83. The zero-order valence-corrected chi connectivity index (χ0v) is 10.1. The van der Waals surface area contributed by atoms with Crippen molar-refractivity contribution >= 4 is 17.6 Å². The van der Waals surface area contributed by atoms with E-state index in [0.717, 1.165) is 24.7 Å². The van der Waals surface area contributed by atoms with Crippen LogP contribution >= 0.6 is 0 Å². The molecule has 5 nitrogen and oxygen atoms in total. The molecule has 2 rings (SSSR count). The molecule has 0 aliphatic carbocycles. The van der Waals surface area contributed by atoms with E-state index in [1.54, 1.807) is 0 Å². The molecule has 0 amide bonds. The molecule has 3 N–H and O–H groups in total. The zero-order valence-electron chi connectivity index (χ0n) is 10.1. The van der Waals surface area contributed by atoms with E-state index in [1.165, 1.54) is 6.42 Å². The van der Waals surface area contributed by atoms with Gasteiger partial charge in [-0.2, -0.15) is 9.97 Å². The van der Waals surface area contributed by atoms with Gasteiger partial charge in [0, 0.05) is 26.2 Å². The lowest BCUT2D eigenvalue weighted by atomic mass is 9.93. The number of hydrogen-bond acceptors (Lipinski definition) is 5. The Balaban J connectivity index is 2.24. The fourth-order valence-corrected chi connectivity index (χ4v) is 2.05. The van der Waals surface area contributed by atoms with Crippen LogP contribution in [-0.2, 0) is 0 Å². The van der Waals surface area contributed by atoms with Crippen molar-refractivity contribution in [2.45, 2.75) is 20.3 Å². The van der Waals surface area contributed by atoms with Gasteiger partial charge >= 0.3 is 0 Å². The summed E-state index contributed by atoms with van der Waals surface area (Å²) in [6.07, 6.45) is 1.19. The number of nitrogens with two attached hydrogens (primary N) is 1. The van der Waals surface area contributed by atoms with E-state index in [0.29, 0.717) is 11.4 Å². The summed E-state index contributed by atoms with van der Waals surface area (Å²) in [6.45, 7) is 6.60. The van der Waals surface area contributed by atoms with Gasteiger partial charge in [0.2, 0.25) is 5.95 Å². The normalized spacial score (nSPS) is 18.8.